The molecular weight excluding hydrogens is 482 g/mol. The summed E-state index contributed by atoms with van der Waals surface area (Å²) in [6.07, 6.45) is 3.99. The molecule has 1 heterocycles. The highest BCUT2D eigenvalue weighted by molar-refractivity contribution is 6.12. The molecule has 0 saturated heterocycles. The van der Waals surface area contributed by atoms with E-state index < -0.39 is 6.04 Å². The van der Waals surface area contributed by atoms with Gasteiger partial charge in [-0.2, -0.15) is 0 Å². The van der Waals surface area contributed by atoms with E-state index in [4.69, 9.17) is 19.9 Å². The number of benzene rings is 3. The van der Waals surface area contributed by atoms with Crippen LogP contribution in [0.4, 0.5) is 5.69 Å². The number of nitrogens with two attached hydrogens (primary N) is 1. The Kier molecular flexibility index (Phi) is 8.13. The average Bonchev–Trinajstić information content (AvgIpc) is 3.40. The van der Waals surface area contributed by atoms with Crippen molar-refractivity contribution in [2.24, 2.45) is 5.73 Å². The van der Waals surface area contributed by atoms with Crippen molar-refractivity contribution in [2.75, 3.05) is 26.6 Å². The third kappa shape index (κ3) is 5.87. The van der Waals surface area contributed by atoms with Crippen LogP contribution in [0, 0.1) is 0 Å². The summed E-state index contributed by atoms with van der Waals surface area (Å²) in [4.78, 5) is 29.3. The van der Waals surface area contributed by atoms with Gasteiger partial charge in [0, 0.05) is 11.7 Å². The Hall–Kier alpha value is -4.56. The normalized spacial score (nSPS) is 12.2. The summed E-state index contributed by atoms with van der Waals surface area (Å²) in [5.74, 6) is 0.947. The van der Waals surface area contributed by atoms with Gasteiger partial charge >= 0.3 is 0 Å². The number of ketones is 1. The molecule has 0 fully saturated rings. The molecule has 196 valence electrons. The first kappa shape index (κ1) is 26.5. The van der Waals surface area contributed by atoms with Crippen molar-refractivity contribution in [3.63, 3.8) is 0 Å². The van der Waals surface area contributed by atoms with Gasteiger partial charge < -0.3 is 30.2 Å². The van der Waals surface area contributed by atoms with E-state index in [-0.39, 0.29) is 11.7 Å². The Morgan fingerprint density at radius 1 is 0.947 bits per heavy atom. The predicted octanol–water partition coefficient (Wildman–Crippen LogP) is 4.99. The second kappa shape index (κ2) is 11.7. The van der Waals surface area contributed by atoms with Crippen molar-refractivity contribution in [2.45, 2.75) is 19.4 Å². The molecule has 4 rings (SSSR count). The molecule has 1 unspecified atom stereocenters. The van der Waals surface area contributed by atoms with Crippen LogP contribution in [0.1, 0.15) is 28.4 Å². The van der Waals surface area contributed by atoms with Crippen molar-refractivity contribution in [3.05, 3.63) is 89.1 Å². The van der Waals surface area contributed by atoms with Gasteiger partial charge in [-0.25, -0.2) is 0 Å². The number of amides is 1. The lowest BCUT2D eigenvalue weighted by atomic mass is 10.0. The summed E-state index contributed by atoms with van der Waals surface area (Å²) in [6, 6.07) is 17.5. The molecular formula is C30H31N3O5. The standard InChI is InChI=1S/C30H31N3O5/c1-18(29(34)23-17-22(36-2)7-10-27(23)37-3)13-19-6-9-28(38-4)26(16-19)33-30(35)24(31)15-20-5-8-25-21(14-20)11-12-32-25/h5-14,16-17,24,32H,15,31H2,1-4H3,(H,33,35). The molecule has 0 bridgehead atoms. The number of aromatic nitrogens is 1. The minimum Gasteiger partial charge on any atom is -0.497 e. The van der Waals surface area contributed by atoms with Gasteiger partial charge in [-0.1, -0.05) is 12.1 Å². The van der Waals surface area contributed by atoms with Gasteiger partial charge in [-0.05, 0) is 90.0 Å². The Balaban J connectivity index is 1.52. The molecule has 8 heteroatoms. The molecule has 0 radical (unpaired) electrons. The first-order valence-electron chi connectivity index (χ1n) is 12.1. The molecule has 0 aliphatic heterocycles. The van der Waals surface area contributed by atoms with Gasteiger partial charge in [0.25, 0.3) is 0 Å². The van der Waals surface area contributed by atoms with Gasteiger partial charge in [0.15, 0.2) is 5.78 Å². The van der Waals surface area contributed by atoms with E-state index in [0.29, 0.717) is 46.1 Å². The number of allylic oxidation sites excluding steroid dienone is 1. The Bertz CT molecular complexity index is 1510. The Labute approximate surface area is 221 Å². The van der Waals surface area contributed by atoms with Crippen LogP contribution in [0.25, 0.3) is 17.0 Å². The van der Waals surface area contributed by atoms with E-state index in [9.17, 15) is 9.59 Å². The highest BCUT2D eigenvalue weighted by Gasteiger charge is 2.18. The van der Waals surface area contributed by atoms with E-state index in [2.05, 4.69) is 10.3 Å². The molecule has 4 N–H and O–H groups in total. The molecule has 0 saturated carbocycles. The van der Waals surface area contributed by atoms with Crippen LogP contribution in [-0.4, -0.2) is 44.0 Å². The summed E-state index contributed by atoms with van der Waals surface area (Å²) in [6.45, 7) is 1.72. The summed E-state index contributed by atoms with van der Waals surface area (Å²) >= 11 is 0. The van der Waals surface area contributed by atoms with E-state index in [1.54, 1.807) is 56.5 Å². The molecule has 1 atom stereocenters. The van der Waals surface area contributed by atoms with Crippen molar-refractivity contribution in [3.8, 4) is 17.2 Å². The van der Waals surface area contributed by atoms with E-state index in [1.165, 1.54) is 14.2 Å². The summed E-state index contributed by atoms with van der Waals surface area (Å²) in [5, 5.41) is 3.94. The maximum atomic E-state index is 13.2. The minimum atomic E-state index is -0.765. The number of methoxy groups -OCH3 is 3. The fraction of sp³-hybridized carbons (Fsp3) is 0.200. The quantitative estimate of drug-likeness (QED) is 0.203. The minimum absolute atomic E-state index is 0.205. The third-order valence-electron chi connectivity index (χ3n) is 6.28. The van der Waals surface area contributed by atoms with Crippen LogP contribution in [0.5, 0.6) is 17.2 Å². The number of carbonyl (C=O) groups is 2. The zero-order valence-electron chi connectivity index (χ0n) is 21.8. The summed E-state index contributed by atoms with van der Waals surface area (Å²) in [7, 11) is 4.58. The molecule has 1 aromatic heterocycles. The molecule has 38 heavy (non-hydrogen) atoms. The number of anilines is 1. The summed E-state index contributed by atoms with van der Waals surface area (Å²) in [5.41, 5.74) is 10.3. The second-order valence-corrected chi connectivity index (χ2v) is 8.88. The summed E-state index contributed by atoms with van der Waals surface area (Å²) < 4.78 is 16.1. The van der Waals surface area contributed by atoms with Crippen molar-refractivity contribution in [1.82, 2.24) is 4.98 Å². The van der Waals surface area contributed by atoms with Crippen LogP contribution in [0.15, 0.2) is 72.4 Å². The number of rotatable bonds is 10. The fourth-order valence-corrected chi connectivity index (χ4v) is 4.23. The number of hydrogen-bond acceptors (Lipinski definition) is 6. The zero-order chi connectivity index (χ0) is 27.2. The van der Waals surface area contributed by atoms with Crippen molar-refractivity contribution >= 4 is 34.4 Å². The van der Waals surface area contributed by atoms with Crippen LogP contribution in [0.3, 0.4) is 0 Å². The average molecular weight is 514 g/mol. The van der Waals surface area contributed by atoms with E-state index in [0.717, 1.165) is 16.5 Å². The number of Topliss-reactive ketones (excluding diaryl/α,β-unsaturated/α-hetero) is 1. The van der Waals surface area contributed by atoms with Crippen LogP contribution in [0.2, 0.25) is 0 Å². The topological polar surface area (TPSA) is 116 Å². The largest absolute Gasteiger partial charge is 0.497 e. The Morgan fingerprint density at radius 2 is 1.71 bits per heavy atom. The lowest BCUT2D eigenvalue weighted by Crippen LogP contribution is -2.37. The fourth-order valence-electron chi connectivity index (χ4n) is 4.23. The molecule has 1 amide bonds. The van der Waals surface area contributed by atoms with Gasteiger partial charge in [-0.15, -0.1) is 0 Å². The monoisotopic (exact) mass is 513 g/mol. The number of carbonyl (C=O) groups excluding carboxylic acids is 2. The Morgan fingerprint density at radius 3 is 2.45 bits per heavy atom. The zero-order valence-corrected chi connectivity index (χ0v) is 21.8. The van der Waals surface area contributed by atoms with Gasteiger partial charge in [0.05, 0.1) is 38.6 Å². The second-order valence-electron chi connectivity index (χ2n) is 8.88. The van der Waals surface area contributed by atoms with Gasteiger partial charge in [0.1, 0.15) is 17.2 Å². The van der Waals surface area contributed by atoms with Crippen LogP contribution < -0.4 is 25.3 Å². The number of ether oxygens (including phenoxy) is 3. The van der Waals surface area contributed by atoms with E-state index >= 15 is 0 Å². The highest BCUT2D eigenvalue weighted by Crippen LogP contribution is 2.29. The van der Waals surface area contributed by atoms with E-state index in [1.807, 2.05) is 30.5 Å². The number of H-pyrrole nitrogens is 1. The lowest BCUT2D eigenvalue weighted by Gasteiger charge is -2.15. The number of hydrogen-bond donors (Lipinski definition) is 3. The number of aromatic amines is 1. The smallest absolute Gasteiger partial charge is 0.241 e. The molecule has 0 spiro atoms. The van der Waals surface area contributed by atoms with Crippen LogP contribution >= 0.6 is 0 Å². The molecule has 4 aromatic rings. The number of nitrogens with one attached hydrogen (secondary N) is 2. The SMILES string of the molecule is COc1ccc(OC)c(C(=O)C(C)=Cc2ccc(OC)c(NC(=O)C(N)Cc3ccc4[nH]ccc4c3)c2)c1. The first-order chi connectivity index (χ1) is 18.3. The van der Waals surface area contributed by atoms with Crippen molar-refractivity contribution < 1.29 is 23.8 Å². The van der Waals surface area contributed by atoms with Crippen LogP contribution in [-0.2, 0) is 11.2 Å². The maximum absolute atomic E-state index is 13.2. The first-order valence-corrected chi connectivity index (χ1v) is 12.1. The third-order valence-corrected chi connectivity index (χ3v) is 6.28. The molecule has 3 aromatic carbocycles. The van der Waals surface area contributed by atoms with Gasteiger partial charge in [-0.3, -0.25) is 9.59 Å². The molecule has 0 aliphatic carbocycles. The maximum Gasteiger partial charge on any atom is 0.241 e. The molecule has 8 nitrogen and oxygen atoms in total. The number of fused-ring (bicyclic) bond motifs is 1. The lowest BCUT2D eigenvalue weighted by molar-refractivity contribution is -0.117. The van der Waals surface area contributed by atoms with Gasteiger partial charge in [0.2, 0.25) is 5.91 Å². The highest BCUT2D eigenvalue weighted by atomic mass is 16.5. The predicted molar refractivity (Wildman–Crippen MR) is 149 cm³/mol. The molecule has 0 aliphatic rings. The van der Waals surface area contributed by atoms with Crippen molar-refractivity contribution in [1.29, 1.82) is 0 Å².